The van der Waals surface area contributed by atoms with Gasteiger partial charge in [0.15, 0.2) is 5.82 Å². The number of hydrogen-bond donors (Lipinski definition) is 1. The van der Waals surface area contributed by atoms with Crippen molar-refractivity contribution >= 4 is 16.7 Å². The molecule has 0 radical (unpaired) electrons. The van der Waals surface area contributed by atoms with Gasteiger partial charge in [-0.05, 0) is 31.2 Å². The second kappa shape index (κ2) is 6.09. The molecule has 1 aromatic heterocycles. The molecule has 0 amide bonds. The van der Waals surface area contributed by atoms with Crippen LogP contribution in [0.1, 0.15) is 5.56 Å². The van der Waals surface area contributed by atoms with Crippen molar-refractivity contribution in [3.63, 3.8) is 0 Å². The third-order valence-corrected chi connectivity index (χ3v) is 4.29. The summed E-state index contributed by atoms with van der Waals surface area (Å²) in [6.45, 7) is 5.08. The van der Waals surface area contributed by atoms with Gasteiger partial charge in [0.25, 0.3) is 0 Å². The lowest BCUT2D eigenvalue weighted by atomic mass is 10.1. The van der Waals surface area contributed by atoms with Crippen LogP contribution in [0, 0.1) is 6.92 Å². The second-order valence-electron chi connectivity index (χ2n) is 6.01. The van der Waals surface area contributed by atoms with E-state index in [1.54, 1.807) is 12.1 Å². The molecule has 122 valence electrons. The molecule has 2 heterocycles. The smallest absolute Gasteiger partial charge is 0.165 e. The van der Waals surface area contributed by atoms with Crippen molar-refractivity contribution in [3.05, 3.63) is 48.0 Å². The van der Waals surface area contributed by atoms with Crippen LogP contribution in [0.2, 0.25) is 0 Å². The Hall–Kier alpha value is -2.66. The van der Waals surface area contributed by atoms with Gasteiger partial charge >= 0.3 is 0 Å². The molecular weight excluding hydrogens is 302 g/mol. The monoisotopic (exact) mass is 321 g/mol. The molecular formula is C19H19N3O2. The fraction of sp³-hybridized carbons (Fsp3) is 0.263. The lowest BCUT2D eigenvalue weighted by Gasteiger charge is -2.29. The lowest BCUT2D eigenvalue weighted by molar-refractivity contribution is 0.122. The summed E-state index contributed by atoms with van der Waals surface area (Å²) in [5.74, 6) is 1.65. The first-order chi connectivity index (χ1) is 11.7. The van der Waals surface area contributed by atoms with Crippen LogP contribution in [0.5, 0.6) is 5.75 Å². The minimum atomic E-state index is 0.192. The Morgan fingerprint density at radius 3 is 2.62 bits per heavy atom. The van der Waals surface area contributed by atoms with Gasteiger partial charge < -0.3 is 14.7 Å². The van der Waals surface area contributed by atoms with E-state index >= 15 is 0 Å². The maximum atomic E-state index is 10.2. The van der Waals surface area contributed by atoms with E-state index in [1.165, 1.54) is 5.56 Å². The van der Waals surface area contributed by atoms with Crippen molar-refractivity contribution in [3.8, 4) is 17.1 Å². The summed E-state index contributed by atoms with van der Waals surface area (Å²) in [5.41, 5.74) is 2.71. The largest absolute Gasteiger partial charge is 0.507 e. The van der Waals surface area contributed by atoms with Gasteiger partial charge in [-0.1, -0.05) is 23.8 Å². The number of rotatable bonds is 2. The van der Waals surface area contributed by atoms with Crippen molar-refractivity contribution in [2.24, 2.45) is 0 Å². The van der Waals surface area contributed by atoms with Gasteiger partial charge in [-0.2, -0.15) is 0 Å². The first-order valence-electron chi connectivity index (χ1n) is 8.12. The molecule has 1 N–H and O–H groups in total. The van der Waals surface area contributed by atoms with E-state index in [9.17, 15) is 5.11 Å². The number of phenols is 1. The molecule has 1 aliphatic rings. The Morgan fingerprint density at radius 2 is 1.83 bits per heavy atom. The molecule has 2 aromatic carbocycles. The van der Waals surface area contributed by atoms with Gasteiger partial charge in [-0.25, -0.2) is 9.97 Å². The Labute approximate surface area is 140 Å². The zero-order valence-electron chi connectivity index (χ0n) is 13.6. The van der Waals surface area contributed by atoms with Gasteiger partial charge in [-0.3, -0.25) is 0 Å². The van der Waals surface area contributed by atoms with E-state index in [1.807, 2.05) is 24.3 Å². The minimum Gasteiger partial charge on any atom is -0.507 e. The maximum Gasteiger partial charge on any atom is 0.165 e. The van der Waals surface area contributed by atoms with Gasteiger partial charge in [0, 0.05) is 18.5 Å². The molecule has 0 aliphatic carbocycles. The van der Waals surface area contributed by atoms with Gasteiger partial charge in [0.1, 0.15) is 11.6 Å². The molecule has 1 aliphatic heterocycles. The summed E-state index contributed by atoms with van der Waals surface area (Å²) in [4.78, 5) is 11.7. The van der Waals surface area contributed by atoms with Crippen LogP contribution in [-0.2, 0) is 4.74 Å². The molecule has 5 nitrogen and oxygen atoms in total. The number of fused-ring (bicyclic) bond motifs is 1. The maximum absolute atomic E-state index is 10.2. The van der Waals surface area contributed by atoms with Crippen LogP contribution in [0.15, 0.2) is 42.5 Å². The Morgan fingerprint density at radius 1 is 1.04 bits per heavy atom. The number of para-hydroxylation sites is 1. The zero-order valence-corrected chi connectivity index (χ0v) is 13.6. The van der Waals surface area contributed by atoms with Gasteiger partial charge in [0.2, 0.25) is 0 Å². The van der Waals surface area contributed by atoms with E-state index in [-0.39, 0.29) is 5.75 Å². The topological polar surface area (TPSA) is 58.5 Å². The molecule has 5 heteroatoms. The quantitative estimate of drug-likeness (QED) is 0.786. The summed E-state index contributed by atoms with van der Waals surface area (Å²) in [6, 6.07) is 13.4. The molecule has 0 spiro atoms. The molecule has 3 aromatic rings. The number of ether oxygens (including phenoxy) is 1. The highest BCUT2D eigenvalue weighted by atomic mass is 16.5. The average Bonchev–Trinajstić information content (AvgIpc) is 2.62. The summed E-state index contributed by atoms with van der Waals surface area (Å²) in [5, 5.41) is 11.2. The SMILES string of the molecule is Cc1ccc2nc(-c3ccccc3O)nc(N3CCOCC3)c2c1. The zero-order chi connectivity index (χ0) is 16.5. The Balaban J connectivity index is 1.93. The van der Waals surface area contributed by atoms with Crippen LogP contribution < -0.4 is 4.90 Å². The summed E-state index contributed by atoms with van der Waals surface area (Å²) in [7, 11) is 0. The highest BCUT2D eigenvalue weighted by Crippen LogP contribution is 2.32. The van der Waals surface area contributed by atoms with Gasteiger partial charge in [-0.15, -0.1) is 0 Å². The van der Waals surface area contributed by atoms with Crippen LogP contribution in [0.3, 0.4) is 0 Å². The number of morpholine rings is 1. The molecule has 1 fully saturated rings. The summed E-state index contributed by atoms with van der Waals surface area (Å²) >= 11 is 0. The lowest BCUT2D eigenvalue weighted by Crippen LogP contribution is -2.37. The van der Waals surface area contributed by atoms with Crippen LogP contribution in [0.4, 0.5) is 5.82 Å². The van der Waals surface area contributed by atoms with E-state index < -0.39 is 0 Å². The second-order valence-corrected chi connectivity index (χ2v) is 6.01. The standard InChI is InChI=1S/C19H19N3O2/c1-13-6-7-16-15(12-13)19(22-8-10-24-11-9-22)21-18(20-16)14-4-2-3-5-17(14)23/h2-7,12,23H,8-11H2,1H3. The fourth-order valence-corrected chi connectivity index (χ4v) is 3.03. The van der Waals surface area contributed by atoms with Crippen molar-refractivity contribution in [1.82, 2.24) is 9.97 Å². The van der Waals surface area contributed by atoms with Crippen LogP contribution in [-0.4, -0.2) is 41.4 Å². The minimum absolute atomic E-state index is 0.192. The summed E-state index contributed by atoms with van der Waals surface area (Å²) in [6.07, 6.45) is 0. The number of nitrogens with zero attached hydrogens (tertiary/aromatic N) is 3. The predicted octanol–water partition coefficient (Wildman–Crippen LogP) is 3.15. The molecule has 0 bridgehead atoms. The molecule has 0 atom stereocenters. The van der Waals surface area contributed by atoms with E-state index in [0.717, 1.165) is 29.8 Å². The molecule has 4 rings (SSSR count). The molecule has 0 unspecified atom stereocenters. The Bertz CT molecular complexity index is 889. The number of benzene rings is 2. The van der Waals surface area contributed by atoms with Gasteiger partial charge in [0.05, 0.1) is 24.3 Å². The third-order valence-electron chi connectivity index (χ3n) is 4.29. The highest BCUT2D eigenvalue weighted by molar-refractivity contribution is 5.92. The van der Waals surface area contributed by atoms with Crippen LogP contribution in [0.25, 0.3) is 22.3 Å². The molecule has 0 saturated carbocycles. The van der Waals surface area contributed by atoms with Crippen LogP contribution >= 0.6 is 0 Å². The molecule has 24 heavy (non-hydrogen) atoms. The van der Waals surface area contributed by atoms with E-state index in [2.05, 4.69) is 22.9 Å². The normalized spacial score (nSPS) is 15.0. The van der Waals surface area contributed by atoms with Crippen molar-refractivity contribution in [2.45, 2.75) is 6.92 Å². The van der Waals surface area contributed by atoms with Crippen molar-refractivity contribution < 1.29 is 9.84 Å². The van der Waals surface area contributed by atoms with E-state index in [4.69, 9.17) is 9.72 Å². The fourth-order valence-electron chi connectivity index (χ4n) is 3.03. The molecule has 1 saturated heterocycles. The first kappa shape index (κ1) is 14.9. The summed E-state index contributed by atoms with van der Waals surface area (Å²) < 4.78 is 5.47. The number of aromatic hydroxyl groups is 1. The third kappa shape index (κ3) is 2.67. The number of aryl methyl sites for hydroxylation is 1. The highest BCUT2D eigenvalue weighted by Gasteiger charge is 2.19. The predicted molar refractivity (Wildman–Crippen MR) is 94.4 cm³/mol. The first-order valence-corrected chi connectivity index (χ1v) is 8.12. The number of phenolic OH excluding ortho intramolecular Hbond substituents is 1. The Kier molecular flexibility index (Phi) is 3.78. The number of aromatic nitrogens is 2. The van der Waals surface area contributed by atoms with Crippen molar-refractivity contribution in [1.29, 1.82) is 0 Å². The van der Waals surface area contributed by atoms with Crippen molar-refractivity contribution in [2.75, 3.05) is 31.2 Å². The van der Waals surface area contributed by atoms with E-state index in [0.29, 0.717) is 24.6 Å². The average molecular weight is 321 g/mol. The number of hydrogen-bond acceptors (Lipinski definition) is 5. The number of anilines is 1.